The van der Waals surface area contributed by atoms with E-state index < -0.39 is 0 Å². The van der Waals surface area contributed by atoms with Crippen molar-refractivity contribution in [3.63, 3.8) is 0 Å². The number of ether oxygens (including phenoxy) is 1. The number of carbonyl (C=O) groups is 1. The standard InChI is InChI=1S/C29H32BrN3O2/c1-3-21(2)22-13-15-25(16-14-22)35-19-18-33-27-11-5-4-10-26(27)32-28(33)12-7-17-31-29(34)23-8-6-9-24(30)20-23/h4-6,8-11,13-16,20-21H,3,7,12,17-19H2,1-2H3,(H,31,34). The van der Waals surface area contributed by atoms with Crippen LogP contribution in [0.2, 0.25) is 0 Å². The van der Waals surface area contributed by atoms with Crippen LogP contribution in [0.25, 0.3) is 11.0 Å². The quantitative estimate of drug-likeness (QED) is 0.217. The zero-order valence-electron chi connectivity index (χ0n) is 20.3. The molecule has 0 aliphatic rings. The lowest BCUT2D eigenvalue weighted by molar-refractivity contribution is 0.0953. The molecule has 0 radical (unpaired) electrons. The molecule has 0 spiro atoms. The van der Waals surface area contributed by atoms with Gasteiger partial charge in [-0.1, -0.05) is 60.1 Å². The Morgan fingerprint density at radius 2 is 1.89 bits per heavy atom. The summed E-state index contributed by atoms with van der Waals surface area (Å²) >= 11 is 3.41. The number of amides is 1. The van der Waals surface area contributed by atoms with E-state index in [1.54, 1.807) is 0 Å². The summed E-state index contributed by atoms with van der Waals surface area (Å²) < 4.78 is 9.19. The van der Waals surface area contributed by atoms with E-state index >= 15 is 0 Å². The number of nitrogens with zero attached hydrogens (tertiary/aromatic N) is 2. The number of aryl methyl sites for hydroxylation is 1. The fourth-order valence-corrected chi connectivity index (χ4v) is 4.53. The van der Waals surface area contributed by atoms with Crippen molar-refractivity contribution >= 4 is 32.9 Å². The molecule has 4 rings (SSSR count). The van der Waals surface area contributed by atoms with E-state index in [2.05, 4.69) is 70.0 Å². The third-order valence-electron chi connectivity index (χ3n) is 6.33. The first kappa shape index (κ1) is 25.0. The maximum Gasteiger partial charge on any atom is 0.251 e. The Labute approximate surface area is 215 Å². The summed E-state index contributed by atoms with van der Waals surface area (Å²) in [5.41, 5.74) is 4.09. The Bertz CT molecular complexity index is 1270. The van der Waals surface area contributed by atoms with Gasteiger partial charge < -0.3 is 14.6 Å². The number of nitrogens with one attached hydrogen (secondary N) is 1. The first-order valence-corrected chi connectivity index (χ1v) is 13.0. The molecule has 182 valence electrons. The highest BCUT2D eigenvalue weighted by Crippen LogP contribution is 2.22. The number of para-hydroxylation sites is 2. The number of rotatable bonds is 11. The highest BCUT2D eigenvalue weighted by atomic mass is 79.9. The zero-order valence-corrected chi connectivity index (χ0v) is 21.9. The Morgan fingerprint density at radius 1 is 1.09 bits per heavy atom. The van der Waals surface area contributed by atoms with E-state index in [1.807, 2.05) is 42.5 Å². The lowest BCUT2D eigenvalue weighted by Crippen LogP contribution is -2.25. The molecular formula is C29H32BrN3O2. The predicted molar refractivity (Wildman–Crippen MR) is 145 cm³/mol. The Hall–Kier alpha value is -3.12. The second-order valence-electron chi connectivity index (χ2n) is 8.76. The van der Waals surface area contributed by atoms with Crippen molar-refractivity contribution in [2.45, 2.75) is 45.6 Å². The van der Waals surface area contributed by atoms with E-state index in [-0.39, 0.29) is 5.91 Å². The molecule has 3 aromatic carbocycles. The molecule has 0 fully saturated rings. The van der Waals surface area contributed by atoms with Gasteiger partial charge in [0.2, 0.25) is 0 Å². The van der Waals surface area contributed by atoms with Crippen LogP contribution in [0.1, 0.15) is 54.4 Å². The second kappa shape index (κ2) is 12.0. The number of fused-ring (bicyclic) bond motifs is 1. The third kappa shape index (κ3) is 6.51. The van der Waals surface area contributed by atoms with Crippen molar-refractivity contribution in [1.82, 2.24) is 14.9 Å². The van der Waals surface area contributed by atoms with Crippen LogP contribution < -0.4 is 10.1 Å². The predicted octanol–water partition coefficient (Wildman–Crippen LogP) is 6.75. The molecule has 1 aromatic heterocycles. The minimum absolute atomic E-state index is 0.0625. The van der Waals surface area contributed by atoms with Gasteiger partial charge in [0.25, 0.3) is 5.91 Å². The van der Waals surface area contributed by atoms with Gasteiger partial charge in [0.05, 0.1) is 17.6 Å². The van der Waals surface area contributed by atoms with Gasteiger partial charge >= 0.3 is 0 Å². The second-order valence-corrected chi connectivity index (χ2v) is 9.68. The number of benzene rings is 3. The molecule has 4 aromatic rings. The lowest BCUT2D eigenvalue weighted by Gasteiger charge is -2.13. The number of carbonyl (C=O) groups excluding carboxylic acids is 1. The lowest BCUT2D eigenvalue weighted by atomic mass is 9.99. The Balaban J connectivity index is 1.35. The molecule has 1 amide bonds. The maximum absolute atomic E-state index is 12.4. The average molecular weight is 534 g/mol. The van der Waals surface area contributed by atoms with Crippen molar-refractivity contribution in [1.29, 1.82) is 0 Å². The van der Waals surface area contributed by atoms with Crippen LogP contribution in [-0.4, -0.2) is 28.6 Å². The van der Waals surface area contributed by atoms with Crippen molar-refractivity contribution in [2.75, 3.05) is 13.2 Å². The zero-order chi connectivity index (χ0) is 24.6. The minimum Gasteiger partial charge on any atom is -0.492 e. The molecule has 1 N–H and O–H groups in total. The highest BCUT2D eigenvalue weighted by Gasteiger charge is 2.11. The number of aromatic nitrogens is 2. The van der Waals surface area contributed by atoms with Crippen LogP contribution in [-0.2, 0) is 13.0 Å². The first-order valence-electron chi connectivity index (χ1n) is 12.3. The van der Waals surface area contributed by atoms with Gasteiger partial charge in [0.15, 0.2) is 0 Å². The smallest absolute Gasteiger partial charge is 0.251 e. The van der Waals surface area contributed by atoms with Crippen LogP contribution in [0.5, 0.6) is 5.75 Å². The molecule has 0 aliphatic carbocycles. The summed E-state index contributed by atoms with van der Waals surface area (Å²) in [5, 5.41) is 3.01. The molecule has 5 nitrogen and oxygen atoms in total. The van der Waals surface area contributed by atoms with E-state index in [9.17, 15) is 4.79 Å². The number of halogens is 1. The highest BCUT2D eigenvalue weighted by molar-refractivity contribution is 9.10. The molecular weight excluding hydrogens is 502 g/mol. The van der Waals surface area contributed by atoms with E-state index in [1.165, 1.54) is 5.56 Å². The average Bonchev–Trinajstić information content (AvgIpc) is 3.23. The van der Waals surface area contributed by atoms with E-state index in [0.29, 0.717) is 31.2 Å². The molecule has 1 unspecified atom stereocenters. The summed E-state index contributed by atoms with van der Waals surface area (Å²) in [6.07, 6.45) is 2.71. The Kier molecular flexibility index (Phi) is 8.59. The maximum atomic E-state index is 12.4. The SMILES string of the molecule is CCC(C)c1ccc(OCCn2c(CCCNC(=O)c3cccc(Br)c3)nc3ccccc32)cc1. The van der Waals surface area contributed by atoms with Gasteiger partial charge in [-0.05, 0) is 66.8 Å². The number of hydrogen-bond donors (Lipinski definition) is 1. The molecule has 1 atom stereocenters. The van der Waals surface area contributed by atoms with Gasteiger partial charge in [-0.3, -0.25) is 4.79 Å². The summed E-state index contributed by atoms with van der Waals surface area (Å²) in [6.45, 7) is 6.32. The summed E-state index contributed by atoms with van der Waals surface area (Å²) in [6, 6.07) is 24.0. The Morgan fingerprint density at radius 3 is 2.66 bits per heavy atom. The van der Waals surface area contributed by atoms with Gasteiger partial charge in [0.1, 0.15) is 18.2 Å². The van der Waals surface area contributed by atoms with Crippen LogP contribution in [0.15, 0.2) is 77.3 Å². The van der Waals surface area contributed by atoms with Crippen LogP contribution in [0.4, 0.5) is 0 Å². The molecule has 1 heterocycles. The minimum atomic E-state index is -0.0625. The molecule has 0 saturated carbocycles. The summed E-state index contributed by atoms with van der Waals surface area (Å²) in [5.74, 6) is 2.40. The molecule has 0 bridgehead atoms. The van der Waals surface area contributed by atoms with E-state index in [0.717, 1.165) is 46.3 Å². The van der Waals surface area contributed by atoms with Gasteiger partial charge in [-0.15, -0.1) is 0 Å². The fourth-order valence-electron chi connectivity index (χ4n) is 4.13. The van der Waals surface area contributed by atoms with E-state index in [4.69, 9.17) is 9.72 Å². The molecule has 35 heavy (non-hydrogen) atoms. The fraction of sp³-hybridized carbons (Fsp3) is 0.310. The van der Waals surface area contributed by atoms with Crippen molar-refractivity contribution in [3.05, 3.63) is 94.2 Å². The summed E-state index contributed by atoms with van der Waals surface area (Å²) in [4.78, 5) is 17.3. The summed E-state index contributed by atoms with van der Waals surface area (Å²) in [7, 11) is 0. The normalized spacial score (nSPS) is 12.0. The van der Waals surface area contributed by atoms with Crippen molar-refractivity contribution < 1.29 is 9.53 Å². The third-order valence-corrected chi connectivity index (χ3v) is 6.82. The number of imidazole rings is 1. The molecule has 0 aliphatic heterocycles. The monoisotopic (exact) mass is 533 g/mol. The molecule has 6 heteroatoms. The number of hydrogen-bond acceptors (Lipinski definition) is 3. The van der Waals surface area contributed by atoms with Crippen molar-refractivity contribution in [3.8, 4) is 5.75 Å². The first-order chi connectivity index (χ1) is 17.0. The largest absolute Gasteiger partial charge is 0.492 e. The topological polar surface area (TPSA) is 56.1 Å². The van der Waals surface area contributed by atoms with Gasteiger partial charge in [0, 0.05) is 23.0 Å². The van der Waals surface area contributed by atoms with Crippen molar-refractivity contribution in [2.24, 2.45) is 0 Å². The molecule has 0 saturated heterocycles. The van der Waals surface area contributed by atoms with Crippen LogP contribution in [0.3, 0.4) is 0 Å². The van der Waals surface area contributed by atoms with Gasteiger partial charge in [-0.2, -0.15) is 0 Å². The van der Waals surface area contributed by atoms with Crippen LogP contribution >= 0.6 is 15.9 Å². The van der Waals surface area contributed by atoms with Crippen LogP contribution in [0, 0.1) is 0 Å². The van der Waals surface area contributed by atoms with Gasteiger partial charge in [-0.25, -0.2) is 4.98 Å².